The van der Waals surface area contributed by atoms with Crippen LogP contribution in [0.4, 0.5) is 0 Å². The first kappa shape index (κ1) is 15.4. The summed E-state index contributed by atoms with van der Waals surface area (Å²) in [6.07, 6.45) is 2.07. The molecule has 0 spiro atoms. The summed E-state index contributed by atoms with van der Waals surface area (Å²) in [4.78, 5) is 1.25. The van der Waals surface area contributed by atoms with E-state index < -0.39 is 0 Å². The summed E-state index contributed by atoms with van der Waals surface area (Å²) in [6, 6.07) is 15.9. The molecule has 0 saturated heterocycles. The van der Waals surface area contributed by atoms with Gasteiger partial charge in [0.1, 0.15) is 0 Å². The van der Waals surface area contributed by atoms with Gasteiger partial charge in [0.2, 0.25) is 0 Å². The van der Waals surface area contributed by atoms with Gasteiger partial charge in [-0.3, -0.25) is 0 Å². The zero-order valence-corrected chi connectivity index (χ0v) is 12.9. The molecule has 2 aromatic carbocycles. The number of thioether (sulfide) groups is 1. The van der Waals surface area contributed by atoms with Crippen molar-refractivity contribution < 1.29 is 5.11 Å². The molecule has 0 radical (unpaired) electrons. The Balaban J connectivity index is 1.97. The van der Waals surface area contributed by atoms with Gasteiger partial charge in [-0.2, -0.15) is 0 Å². The summed E-state index contributed by atoms with van der Waals surface area (Å²) in [5, 5.41) is 13.6. The summed E-state index contributed by atoms with van der Waals surface area (Å²) in [5.41, 5.74) is 2.24. The third-order valence-corrected chi connectivity index (χ3v) is 4.16. The van der Waals surface area contributed by atoms with E-state index >= 15 is 0 Å². The lowest BCUT2D eigenvalue weighted by atomic mass is 10.1. The lowest BCUT2D eigenvalue weighted by Crippen LogP contribution is -2.23. The van der Waals surface area contributed by atoms with E-state index in [-0.39, 0.29) is 12.6 Å². The molecule has 2 nitrogen and oxygen atoms in total. The Bertz CT molecular complexity index is 527. The van der Waals surface area contributed by atoms with Gasteiger partial charge in [-0.1, -0.05) is 35.9 Å². The van der Waals surface area contributed by atoms with E-state index in [2.05, 4.69) is 35.8 Å². The van der Waals surface area contributed by atoms with Crippen molar-refractivity contribution in [2.75, 3.05) is 12.9 Å². The summed E-state index contributed by atoms with van der Waals surface area (Å²) < 4.78 is 0. The predicted octanol–water partition coefficient (Wildman–Crippen LogP) is 3.89. The van der Waals surface area contributed by atoms with Crippen molar-refractivity contribution in [2.24, 2.45) is 0 Å². The molecule has 0 aromatic heterocycles. The highest BCUT2D eigenvalue weighted by atomic mass is 35.5. The largest absolute Gasteiger partial charge is 0.394 e. The van der Waals surface area contributed by atoms with E-state index in [4.69, 9.17) is 11.6 Å². The van der Waals surface area contributed by atoms with E-state index in [1.54, 1.807) is 11.8 Å². The molecule has 0 aliphatic heterocycles. The fraction of sp³-hybridized carbons (Fsp3) is 0.250. The van der Waals surface area contributed by atoms with Crippen LogP contribution in [-0.2, 0) is 6.54 Å². The second kappa shape index (κ2) is 7.70. The molecule has 1 atom stereocenters. The summed E-state index contributed by atoms with van der Waals surface area (Å²) >= 11 is 7.61. The number of aliphatic hydroxyl groups excluding tert-OH is 1. The lowest BCUT2D eigenvalue weighted by molar-refractivity contribution is 0.243. The normalized spacial score (nSPS) is 12.3. The van der Waals surface area contributed by atoms with Crippen LogP contribution < -0.4 is 5.32 Å². The third-order valence-electron chi connectivity index (χ3n) is 3.17. The minimum atomic E-state index is -0.0764. The zero-order valence-electron chi connectivity index (χ0n) is 11.3. The maximum Gasteiger partial charge on any atom is 0.0626 e. The molecule has 106 valence electrons. The predicted molar refractivity (Wildman–Crippen MR) is 86.3 cm³/mol. The molecule has 4 heteroatoms. The Morgan fingerprint density at radius 3 is 2.30 bits per heavy atom. The molecule has 0 heterocycles. The SMILES string of the molecule is CSc1ccc(CNC(CO)c2ccc(Cl)cc2)cc1. The Hall–Kier alpha value is -1.00. The number of nitrogens with one attached hydrogen (secondary N) is 1. The molecule has 0 aliphatic rings. The maximum absolute atomic E-state index is 9.51. The van der Waals surface area contributed by atoms with Gasteiger partial charge in [0, 0.05) is 16.5 Å². The molecule has 0 amide bonds. The van der Waals surface area contributed by atoms with Crippen molar-refractivity contribution in [3.05, 3.63) is 64.7 Å². The first-order valence-electron chi connectivity index (χ1n) is 6.45. The van der Waals surface area contributed by atoms with Crippen LogP contribution in [0.2, 0.25) is 5.02 Å². The van der Waals surface area contributed by atoms with Gasteiger partial charge >= 0.3 is 0 Å². The van der Waals surface area contributed by atoms with Crippen molar-refractivity contribution in [1.29, 1.82) is 0 Å². The van der Waals surface area contributed by atoms with Gasteiger partial charge in [-0.05, 0) is 41.6 Å². The topological polar surface area (TPSA) is 32.3 Å². The Morgan fingerprint density at radius 2 is 1.75 bits per heavy atom. The van der Waals surface area contributed by atoms with Crippen molar-refractivity contribution in [3.63, 3.8) is 0 Å². The number of benzene rings is 2. The van der Waals surface area contributed by atoms with Crippen LogP contribution in [-0.4, -0.2) is 18.0 Å². The van der Waals surface area contributed by atoms with Crippen LogP contribution >= 0.6 is 23.4 Å². The Kier molecular flexibility index (Phi) is 5.92. The minimum Gasteiger partial charge on any atom is -0.394 e. The van der Waals surface area contributed by atoms with Crippen molar-refractivity contribution in [2.45, 2.75) is 17.5 Å². The van der Waals surface area contributed by atoms with E-state index in [0.717, 1.165) is 12.1 Å². The molecule has 2 N–H and O–H groups in total. The highest BCUT2D eigenvalue weighted by molar-refractivity contribution is 7.98. The first-order valence-corrected chi connectivity index (χ1v) is 8.06. The van der Waals surface area contributed by atoms with Crippen LogP contribution in [0.25, 0.3) is 0 Å². The van der Waals surface area contributed by atoms with Gasteiger partial charge in [-0.15, -0.1) is 11.8 Å². The van der Waals surface area contributed by atoms with Crippen molar-refractivity contribution in [1.82, 2.24) is 5.32 Å². The van der Waals surface area contributed by atoms with Crippen LogP contribution in [0.15, 0.2) is 53.4 Å². The summed E-state index contributed by atoms with van der Waals surface area (Å²) in [5.74, 6) is 0. The minimum absolute atomic E-state index is 0.0600. The average molecular weight is 308 g/mol. The second-order valence-electron chi connectivity index (χ2n) is 4.52. The molecule has 0 saturated carbocycles. The van der Waals surface area contributed by atoms with E-state index in [1.807, 2.05) is 24.3 Å². The monoisotopic (exact) mass is 307 g/mol. The van der Waals surface area contributed by atoms with E-state index in [9.17, 15) is 5.11 Å². The fourth-order valence-corrected chi connectivity index (χ4v) is 2.50. The van der Waals surface area contributed by atoms with Gasteiger partial charge in [0.25, 0.3) is 0 Å². The van der Waals surface area contributed by atoms with E-state index in [0.29, 0.717) is 5.02 Å². The quantitative estimate of drug-likeness (QED) is 0.794. The highest BCUT2D eigenvalue weighted by Crippen LogP contribution is 2.18. The number of rotatable bonds is 6. The van der Waals surface area contributed by atoms with Crippen molar-refractivity contribution >= 4 is 23.4 Å². The molecule has 0 aliphatic carbocycles. The number of hydrogen-bond acceptors (Lipinski definition) is 3. The number of aliphatic hydroxyl groups is 1. The lowest BCUT2D eigenvalue weighted by Gasteiger charge is -2.17. The van der Waals surface area contributed by atoms with Gasteiger partial charge in [0.05, 0.1) is 12.6 Å². The van der Waals surface area contributed by atoms with E-state index in [1.165, 1.54) is 10.5 Å². The van der Waals surface area contributed by atoms with Crippen LogP contribution in [0.3, 0.4) is 0 Å². The fourth-order valence-electron chi connectivity index (χ4n) is 1.97. The van der Waals surface area contributed by atoms with Gasteiger partial charge < -0.3 is 10.4 Å². The maximum atomic E-state index is 9.51. The highest BCUT2D eigenvalue weighted by Gasteiger charge is 2.09. The number of hydrogen-bond donors (Lipinski definition) is 2. The molecular weight excluding hydrogens is 290 g/mol. The molecule has 20 heavy (non-hydrogen) atoms. The smallest absolute Gasteiger partial charge is 0.0626 e. The standard InChI is InChI=1S/C16H18ClNOS/c1-20-15-8-2-12(3-9-15)10-18-16(11-19)13-4-6-14(17)7-5-13/h2-9,16,18-19H,10-11H2,1H3. The van der Waals surface area contributed by atoms with Crippen LogP contribution in [0.5, 0.6) is 0 Å². The molecule has 0 fully saturated rings. The third kappa shape index (κ3) is 4.25. The molecule has 1 unspecified atom stereocenters. The molecule has 2 aromatic rings. The van der Waals surface area contributed by atoms with Gasteiger partial charge in [0.15, 0.2) is 0 Å². The second-order valence-corrected chi connectivity index (χ2v) is 5.83. The first-order chi connectivity index (χ1) is 9.72. The molecular formula is C16H18ClNOS. The average Bonchev–Trinajstić information content (AvgIpc) is 2.50. The number of halogens is 1. The Labute approximate surface area is 129 Å². The Morgan fingerprint density at radius 1 is 1.10 bits per heavy atom. The van der Waals surface area contributed by atoms with Gasteiger partial charge in [-0.25, -0.2) is 0 Å². The molecule has 2 rings (SSSR count). The van der Waals surface area contributed by atoms with Crippen LogP contribution in [0, 0.1) is 0 Å². The summed E-state index contributed by atoms with van der Waals surface area (Å²) in [7, 11) is 0. The summed E-state index contributed by atoms with van der Waals surface area (Å²) in [6.45, 7) is 0.785. The van der Waals surface area contributed by atoms with Crippen LogP contribution in [0.1, 0.15) is 17.2 Å². The molecule has 0 bridgehead atoms. The zero-order chi connectivity index (χ0) is 14.4. The van der Waals surface area contributed by atoms with Crippen molar-refractivity contribution in [3.8, 4) is 0 Å².